The Bertz CT molecular complexity index is 878. The summed E-state index contributed by atoms with van der Waals surface area (Å²) in [4.78, 5) is 0. The van der Waals surface area contributed by atoms with Crippen molar-refractivity contribution >= 4 is 37.9 Å². The van der Waals surface area contributed by atoms with Crippen molar-refractivity contribution in [2.45, 2.75) is 0 Å². The number of benzene rings is 2. The largest absolute Gasteiger partial charge is 0.456 e. The van der Waals surface area contributed by atoms with Crippen molar-refractivity contribution in [2.75, 3.05) is 0 Å². The molecule has 0 unspecified atom stereocenters. The van der Waals surface area contributed by atoms with Crippen molar-refractivity contribution in [1.29, 1.82) is 0 Å². The van der Waals surface area contributed by atoms with Gasteiger partial charge in [0, 0.05) is 27.0 Å². The molecule has 0 aliphatic rings. The second-order valence-corrected chi connectivity index (χ2v) is 5.27. The Hall–Kier alpha value is -2.07. The van der Waals surface area contributed by atoms with Gasteiger partial charge in [-0.05, 0) is 23.8 Å². The number of nitrogens with one attached hydrogen (secondary N) is 1. The summed E-state index contributed by atoms with van der Waals surface area (Å²) in [5, 5.41) is 9.10. The van der Waals surface area contributed by atoms with Gasteiger partial charge < -0.3 is 4.42 Å². The number of H-pyrrole nitrogens is 1. The Labute approximate surface area is 117 Å². The smallest absolute Gasteiger partial charge is 0.136 e. The SMILES string of the molecule is Brc1cc2oc3ccccc3c2cc1-c1cn[nH]c1. The molecule has 4 aromatic rings. The summed E-state index contributed by atoms with van der Waals surface area (Å²) >= 11 is 3.59. The molecule has 92 valence electrons. The fourth-order valence-electron chi connectivity index (χ4n) is 2.37. The third-order valence-electron chi connectivity index (χ3n) is 3.28. The first kappa shape index (κ1) is 10.8. The Balaban J connectivity index is 2.11. The van der Waals surface area contributed by atoms with E-state index in [9.17, 15) is 0 Å². The Kier molecular flexibility index (Phi) is 2.26. The van der Waals surface area contributed by atoms with Gasteiger partial charge in [0.2, 0.25) is 0 Å². The average Bonchev–Trinajstić information content (AvgIpc) is 3.04. The second-order valence-electron chi connectivity index (χ2n) is 4.41. The molecule has 0 aliphatic heterocycles. The molecule has 0 atom stereocenters. The van der Waals surface area contributed by atoms with Gasteiger partial charge in [0.15, 0.2) is 0 Å². The number of nitrogens with zero attached hydrogens (tertiary/aromatic N) is 1. The highest BCUT2D eigenvalue weighted by Crippen LogP contribution is 2.36. The minimum absolute atomic E-state index is 0.889. The lowest BCUT2D eigenvalue weighted by atomic mass is 10.1. The molecule has 4 heteroatoms. The van der Waals surface area contributed by atoms with Gasteiger partial charge in [-0.25, -0.2) is 0 Å². The van der Waals surface area contributed by atoms with Crippen LogP contribution >= 0.6 is 15.9 Å². The van der Waals surface area contributed by atoms with Gasteiger partial charge in [-0.15, -0.1) is 0 Å². The number of hydrogen-bond acceptors (Lipinski definition) is 2. The fourth-order valence-corrected chi connectivity index (χ4v) is 2.92. The molecule has 0 amide bonds. The number of para-hydroxylation sites is 1. The molecule has 0 saturated heterocycles. The lowest BCUT2D eigenvalue weighted by Gasteiger charge is -2.01. The number of fused-ring (bicyclic) bond motifs is 3. The van der Waals surface area contributed by atoms with Crippen LogP contribution in [0, 0.1) is 0 Å². The highest BCUT2D eigenvalue weighted by atomic mass is 79.9. The minimum Gasteiger partial charge on any atom is -0.456 e. The minimum atomic E-state index is 0.889. The van der Waals surface area contributed by atoms with Gasteiger partial charge in [0.25, 0.3) is 0 Å². The molecule has 0 bridgehead atoms. The topological polar surface area (TPSA) is 41.8 Å². The van der Waals surface area contributed by atoms with Crippen molar-refractivity contribution in [3.8, 4) is 11.1 Å². The second kappa shape index (κ2) is 3.96. The zero-order valence-electron chi connectivity index (χ0n) is 9.85. The highest BCUT2D eigenvalue weighted by molar-refractivity contribution is 9.10. The maximum absolute atomic E-state index is 5.85. The van der Waals surface area contributed by atoms with E-state index in [1.165, 1.54) is 0 Å². The molecule has 2 aromatic carbocycles. The highest BCUT2D eigenvalue weighted by Gasteiger charge is 2.11. The number of furan rings is 1. The van der Waals surface area contributed by atoms with Crippen molar-refractivity contribution in [3.63, 3.8) is 0 Å². The Morgan fingerprint density at radius 1 is 1.05 bits per heavy atom. The van der Waals surface area contributed by atoms with Crippen LogP contribution in [0.4, 0.5) is 0 Å². The summed E-state index contributed by atoms with van der Waals surface area (Å²) in [5.74, 6) is 0. The summed E-state index contributed by atoms with van der Waals surface area (Å²) in [6.45, 7) is 0. The van der Waals surface area contributed by atoms with Crippen LogP contribution in [0.3, 0.4) is 0 Å². The summed E-state index contributed by atoms with van der Waals surface area (Å²) in [5.41, 5.74) is 3.96. The van der Waals surface area contributed by atoms with Crippen LogP contribution in [0.1, 0.15) is 0 Å². The average molecular weight is 313 g/mol. The molecule has 3 nitrogen and oxygen atoms in total. The Morgan fingerprint density at radius 2 is 1.95 bits per heavy atom. The summed E-state index contributed by atoms with van der Waals surface area (Å²) in [6, 6.07) is 12.2. The molecule has 2 aromatic heterocycles. The van der Waals surface area contributed by atoms with E-state index in [4.69, 9.17) is 4.42 Å². The third-order valence-corrected chi connectivity index (χ3v) is 3.93. The molecule has 19 heavy (non-hydrogen) atoms. The quantitative estimate of drug-likeness (QED) is 0.551. The summed E-state index contributed by atoms with van der Waals surface area (Å²) in [7, 11) is 0. The van der Waals surface area contributed by atoms with Crippen molar-refractivity contribution < 1.29 is 4.42 Å². The number of rotatable bonds is 1. The van der Waals surface area contributed by atoms with E-state index in [0.717, 1.165) is 37.5 Å². The van der Waals surface area contributed by atoms with Crippen LogP contribution in [0.15, 0.2) is 57.7 Å². The zero-order valence-corrected chi connectivity index (χ0v) is 11.4. The lowest BCUT2D eigenvalue weighted by Crippen LogP contribution is -1.77. The van der Waals surface area contributed by atoms with Crippen molar-refractivity contribution in [1.82, 2.24) is 10.2 Å². The van der Waals surface area contributed by atoms with E-state index in [2.05, 4.69) is 38.3 Å². The van der Waals surface area contributed by atoms with Crippen LogP contribution in [-0.4, -0.2) is 10.2 Å². The van der Waals surface area contributed by atoms with E-state index >= 15 is 0 Å². The van der Waals surface area contributed by atoms with Crippen LogP contribution < -0.4 is 0 Å². The molecule has 0 aliphatic carbocycles. The van der Waals surface area contributed by atoms with Crippen molar-refractivity contribution in [3.05, 3.63) is 53.3 Å². The number of halogens is 1. The molecular weight excluding hydrogens is 304 g/mol. The van der Waals surface area contributed by atoms with Gasteiger partial charge in [0.05, 0.1) is 6.20 Å². The predicted octanol–water partition coefficient (Wildman–Crippen LogP) is 4.74. The molecular formula is C15H9BrN2O. The van der Waals surface area contributed by atoms with E-state index in [0.29, 0.717) is 0 Å². The van der Waals surface area contributed by atoms with Crippen LogP contribution in [0.2, 0.25) is 0 Å². The normalized spacial score (nSPS) is 11.4. The van der Waals surface area contributed by atoms with E-state index in [-0.39, 0.29) is 0 Å². The Morgan fingerprint density at radius 3 is 2.79 bits per heavy atom. The van der Waals surface area contributed by atoms with Gasteiger partial charge in [-0.3, -0.25) is 5.10 Å². The van der Waals surface area contributed by atoms with Crippen LogP contribution in [0.25, 0.3) is 33.1 Å². The van der Waals surface area contributed by atoms with E-state index < -0.39 is 0 Å². The van der Waals surface area contributed by atoms with Gasteiger partial charge >= 0.3 is 0 Å². The molecule has 0 radical (unpaired) electrons. The molecule has 1 N–H and O–H groups in total. The van der Waals surface area contributed by atoms with E-state index in [1.807, 2.05) is 36.7 Å². The maximum Gasteiger partial charge on any atom is 0.136 e. The monoisotopic (exact) mass is 312 g/mol. The molecule has 0 spiro atoms. The number of aromatic amines is 1. The van der Waals surface area contributed by atoms with Crippen LogP contribution in [0.5, 0.6) is 0 Å². The lowest BCUT2D eigenvalue weighted by molar-refractivity contribution is 0.668. The fraction of sp³-hybridized carbons (Fsp3) is 0. The summed E-state index contributed by atoms with van der Waals surface area (Å²) in [6.07, 6.45) is 3.70. The first-order chi connectivity index (χ1) is 9.33. The molecule has 0 saturated carbocycles. The van der Waals surface area contributed by atoms with Crippen molar-refractivity contribution in [2.24, 2.45) is 0 Å². The van der Waals surface area contributed by atoms with Gasteiger partial charge in [-0.1, -0.05) is 34.1 Å². The standard InChI is InChI=1S/C15H9BrN2O/c16-13-6-15-12(5-11(13)9-7-17-18-8-9)10-3-1-2-4-14(10)19-15/h1-8H,(H,17,18). The van der Waals surface area contributed by atoms with E-state index in [1.54, 1.807) is 0 Å². The molecule has 0 fully saturated rings. The zero-order chi connectivity index (χ0) is 12.8. The summed E-state index contributed by atoms with van der Waals surface area (Å²) < 4.78 is 6.85. The first-order valence-electron chi connectivity index (χ1n) is 5.93. The van der Waals surface area contributed by atoms with Gasteiger partial charge in [0.1, 0.15) is 11.2 Å². The molecule has 2 heterocycles. The van der Waals surface area contributed by atoms with Gasteiger partial charge in [-0.2, -0.15) is 5.10 Å². The number of hydrogen-bond donors (Lipinski definition) is 1. The predicted molar refractivity (Wildman–Crippen MR) is 79.0 cm³/mol. The maximum atomic E-state index is 5.85. The molecule has 4 rings (SSSR count). The first-order valence-corrected chi connectivity index (χ1v) is 6.72. The van der Waals surface area contributed by atoms with Crippen LogP contribution in [-0.2, 0) is 0 Å². The third kappa shape index (κ3) is 1.60. The number of aromatic nitrogens is 2.